The summed E-state index contributed by atoms with van der Waals surface area (Å²) < 4.78 is 0. The average Bonchev–Trinajstić information content (AvgIpc) is 0.914. The van der Waals surface area contributed by atoms with Crippen molar-refractivity contribution in [3.05, 3.63) is 320 Å². The fourth-order valence-corrected chi connectivity index (χ4v) is 13.4. The summed E-state index contributed by atoms with van der Waals surface area (Å²) in [5.74, 6) is 0. The molecule has 16 nitrogen and oxygen atoms in total. The van der Waals surface area contributed by atoms with Gasteiger partial charge in [-0.2, -0.15) is 0 Å². The Bertz CT molecular complexity index is 3390. The Balaban J connectivity index is 0.000000225. The van der Waals surface area contributed by atoms with E-state index < -0.39 is 15.8 Å². The van der Waals surface area contributed by atoms with Crippen LogP contribution in [-0.4, -0.2) is 45.6 Å². The SMILES string of the molecule is CC/[N+]([O-])=N/[N-]c1ccc(-c2ccc([N-]/N=[N+](\[O-])CC)c(C)c2)cc1C.CC/[N+]([O-])=N/[N-]c1ccc(-c2ccc([N-]/N=[N+](\[O-])CC)c(C)c2)cc1C.[Cl][Ru+2].[Cl][Ru+2].c1ccc(P(c2ccccc2)c2ccccc2)cc1.c1ccc(P(c2ccccc2)c2ccccc2)cc1. The standard InChI is InChI=1S/2C18H22N6O2.2C18H15P.2ClH.2Ru/c2*1-5-23(25)21-19-17-9-7-15(11-13(17)3)16-8-10-18(14(4)12-16)20-22-24(26)6-2;2*1-4-10-16(11-5-1)19(17-12-6-2-7-13-17)18-14-8-3-9-15-18;;;;/h2*7-12H,5-6H2,1-4H3;2*1-15H;2*1H;;/q2*-2;;;;;2*+3/p-2/b2*23-21-,24-22-;;;;;;. The van der Waals surface area contributed by atoms with E-state index in [1.54, 1.807) is 27.7 Å². The van der Waals surface area contributed by atoms with Crippen molar-refractivity contribution in [3.8, 4) is 22.3 Å². The van der Waals surface area contributed by atoms with Crippen LogP contribution in [0.3, 0.4) is 0 Å². The first-order valence-electron chi connectivity index (χ1n) is 29.8. The van der Waals surface area contributed by atoms with E-state index in [0.717, 1.165) is 44.5 Å². The van der Waals surface area contributed by atoms with Crippen molar-refractivity contribution < 1.29 is 54.1 Å². The van der Waals surface area contributed by atoms with Gasteiger partial charge in [0.25, 0.3) is 0 Å². The molecule has 0 radical (unpaired) electrons. The first kappa shape index (κ1) is 76.4. The van der Waals surface area contributed by atoms with Gasteiger partial charge in [-0.15, -0.1) is 21.7 Å². The molecule has 0 spiro atoms. The van der Waals surface area contributed by atoms with E-state index in [4.69, 9.17) is 0 Å². The van der Waals surface area contributed by atoms with Crippen LogP contribution >= 0.6 is 35.2 Å². The molecule has 0 N–H and O–H groups in total. The first-order chi connectivity index (χ1) is 45.8. The van der Waals surface area contributed by atoms with E-state index in [1.807, 2.05) is 135 Å². The molecule has 0 fully saturated rings. The van der Waals surface area contributed by atoms with Crippen molar-refractivity contribution in [1.29, 1.82) is 0 Å². The number of hydroxylamine groups is 4. The van der Waals surface area contributed by atoms with E-state index in [1.165, 1.54) is 31.8 Å². The molecule has 0 saturated heterocycles. The molecule has 0 amide bonds. The Morgan fingerprint density at radius 3 is 0.585 bits per heavy atom. The molecule has 10 rings (SSSR count). The summed E-state index contributed by atoms with van der Waals surface area (Å²) in [4.78, 5) is 2.13. The summed E-state index contributed by atoms with van der Waals surface area (Å²) >= 11 is 3.64. The number of halogens is 2. The molecule has 10 aromatic rings. The van der Waals surface area contributed by atoms with Crippen molar-refractivity contribution in [2.24, 2.45) is 20.9 Å². The third-order valence-electron chi connectivity index (χ3n) is 13.6. The molecule has 0 aliphatic rings. The second kappa shape index (κ2) is 42.8. The quantitative estimate of drug-likeness (QED) is 0.0240. The maximum absolute atomic E-state index is 11.2. The van der Waals surface area contributed by atoms with Gasteiger partial charge in [-0.1, -0.05) is 227 Å². The summed E-state index contributed by atoms with van der Waals surface area (Å²) in [7, 11) is 8.25. The summed E-state index contributed by atoms with van der Waals surface area (Å²) in [6.45, 7) is 15.5. The van der Waals surface area contributed by atoms with Crippen LogP contribution in [0.15, 0.2) is 276 Å². The number of hydrogen-bond donors (Lipinski definition) is 0. The second-order valence-corrected chi connectivity index (χ2v) is 24.6. The van der Waals surface area contributed by atoms with Gasteiger partial charge in [-0.3, -0.25) is 0 Å². The molecule has 22 heteroatoms. The van der Waals surface area contributed by atoms with E-state index >= 15 is 0 Å². The molecule has 94 heavy (non-hydrogen) atoms. The minimum Gasteiger partial charge on any atom is -0.0622 e. The largest absolute Gasteiger partial charge is 0.0622 e. The van der Waals surface area contributed by atoms with E-state index in [9.17, 15) is 20.8 Å². The van der Waals surface area contributed by atoms with E-state index in [0.29, 0.717) is 42.2 Å². The molecular formula is C72H74Cl2N12O4P2Ru2. The third kappa shape index (κ3) is 24.9. The van der Waals surface area contributed by atoms with Crippen molar-refractivity contribution >= 4 is 89.8 Å². The fraction of sp³-hybridized carbons (Fsp3) is 0.167. The molecule has 0 atom stereocenters. The third-order valence-corrected chi connectivity index (χ3v) is 18.5. The number of aryl methyl sites for hydroxylation is 4. The van der Waals surface area contributed by atoms with Gasteiger partial charge >= 0.3 is 54.0 Å². The first-order valence-corrected chi connectivity index (χ1v) is 37.0. The normalized spacial score (nSPS) is 11.1. The van der Waals surface area contributed by atoms with Gasteiger partial charge in [0, 0.05) is 26.2 Å². The number of nitrogens with zero attached hydrogens (tertiary/aromatic N) is 12. The smallest absolute Gasteiger partial charge is 0.0134 e. The Labute approximate surface area is 583 Å². The summed E-state index contributed by atoms with van der Waals surface area (Å²) in [5, 5.41) is 67.5. The van der Waals surface area contributed by atoms with Crippen molar-refractivity contribution in [2.45, 2.75) is 55.4 Å². The molecule has 0 aliphatic carbocycles. The van der Waals surface area contributed by atoms with E-state index in [2.05, 4.69) is 244 Å². The Kier molecular flexibility index (Phi) is 34.8. The van der Waals surface area contributed by atoms with Crippen LogP contribution in [0, 0.1) is 48.5 Å². The van der Waals surface area contributed by atoms with Gasteiger partial charge < -0.3 is 40.3 Å². The monoisotopic (exact) mass is 1510 g/mol. The zero-order chi connectivity index (χ0) is 68.0. The van der Waals surface area contributed by atoms with Gasteiger partial charge in [0.05, 0.1) is 22.7 Å². The van der Waals surface area contributed by atoms with Gasteiger partial charge in [-0.25, -0.2) is 0 Å². The fourth-order valence-electron chi connectivity index (χ4n) is 8.79. The zero-order valence-corrected chi connectivity index (χ0v) is 60.2. The molecule has 0 aliphatic heterocycles. The van der Waals surface area contributed by atoms with Crippen LogP contribution in [0.2, 0.25) is 0 Å². The molecule has 0 heterocycles. The number of benzene rings is 10. The molecule has 0 saturated carbocycles. The molecule has 486 valence electrons. The van der Waals surface area contributed by atoms with Gasteiger partial charge in [0.15, 0.2) is 0 Å². The van der Waals surface area contributed by atoms with Gasteiger partial charge in [0.2, 0.25) is 0 Å². The number of hydrogen-bond acceptors (Lipinski definition) is 8. The van der Waals surface area contributed by atoms with Crippen LogP contribution in [-0.2, 0) is 34.6 Å². The second-order valence-electron chi connectivity index (χ2n) is 20.1. The van der Waals surface area contributed by atoms with E-state index in [-0.39, 0.29) is 26.2 Å². The Hall–Kier alpha value is -8.31. The number of rotatable bonds is 20. The van der Waals surface area contributed by atoms with Crippen LogP contribution in [0.5, 0.6) is 0 Å². The molecular weight excluding hydrogens is 1430 g/mol. The Morgan fingerprint density at radius 2 is 0.447 bits per heavy atom. The average molecular weight is 1510 g/mol. The van der Waals surface area contributed by atoms with Gasteiger partial charge in [-0.05, 0) is 196 Å². The molecule has 10 aromatic carbocycles. The zero-order valence-electron chi connectivity index (χ0n) is 53.4. The predicted molar refractivity (Wildman–Crippen MR) is 383 cm³/mol. The van der Waals surface area contributed by atoms with Crippen molar-refractivity contribution in [3.63, 3.8) is 0 Å². The van der Waals surface area contributed by atoms with Crippen LogP contribution in [0.1, 0.15) is 49.9 Å². The molecule has 0 unspecified atom stereocenters. The topological polar surface area (TPSA) is 210 Å². The maximum Gasteiger partial charge on any atom is -0.0134 e. The summed E-state index contributed by atoms with van der Waals surface area (Å²) in [6.07, 6.45) is 0. The van der Waals surface area contributed by atoms with Crippen LogP contribution in [0.25, 0.3) is 44.0 Å². The summed E-state index contributed by atoms with van der Waals surface area (Å²) in [5.41, 5.74) is 26.2. The summed E-state index contributed by atoms with van der Waals surface area (Å²) in [6, 6.07) is 87.6. The minimum atomic E-state index is -0.446. The van der Waals surface area contributed by atoms with Crippen molar-refractivity contribution in [1.82, 2.24) is 0 Å². The van der Waals surface area contributed by atoms with Crippen molar-refractivity contribution in [2.75, 3.05) is 26.2 Å². The maximum atomic E-state index is 11.2. The van der Waals surface area contributed by atoms with Crippen LogP contribution < -0.4 is 31.8 Å². The van der Waals surface area contributed by atoms with Gasteiger partial charge in [0.1, 0.15) is 0 Å². The molecule has 0 aromatic heterocycles. The molecule has 0 bridgehead atoms. The predicted octanol–water partition coefficient (Wildman–Crippen LogP) is 19.8. The Morgan fingerprint density at radius 1 is 0.287 bits per heavy atom. The van der Waals surface area contributed by atoms with Crippen LogP contribution in [0.4, 0.5) is 22.7 Å². The minimum absolute atomic E-state index is 0.256.